The lowest BCUT2D eigenvalue weighted by atomic mass is 10.2. The van der Waals surface area contributed by atoms with Crippen molar-refractivity contribution in [1.82, 2.24) is 14.8 Å². The molecule has 2 heterocycles. The summed E-state index contributed by atoms with van der Waals surface area (Å²) in [5.41, 5.74) is 1.90. The number of methoxy groups -OCH3 is 1. The van der Waals surface area contributed by atoms with Crippen LogP contribution in [-0.4, -0.2) is 59.8 Å². The molecule has 1 amide bonds. The first-order valence-electron chi connectivity index (χ1n) is 11.1. The Bertz CT molecular complexity index is 1100. The number of ether oxygens (including phenoxy) is 3. The summed E-state index contributed by atoms with van der Waals surface area (Å²) in [6.45, 7) is 5.15. The fourth-order valence-corrected chi connectivity index (χ4v) is 4.36. The lowest BCUT2D eigenvalue weighted by Crippen LogP contribution is -2.36. The van der Waals surface area contributed by atoms with Crippen LogP contribution in [0.25, 0.3) is 0 Å². The fourth-order valence-electron chi connectivity index (χ4n) is 3.64. The zero-order valence-corrected chi connectivity index (χ0v) is 20.4. The minimum absolute atomic E-state index is 0.102. The molecule has 1 saturated heterocycles. The molecule has 1 atom stereocenters. The van der Waals surface area contributed by atoms with Gasteiger partial charge < -0.3 is 29.0 Å². The van der Waals surface area contributed by atoms with E-state index in [1.165, 1.54) is 11.8 Å². The number of benzene rings is 2. The van der Waals surface area contributed by atoms with Crippen LogP contribution in [0.2, 0.25) is 0 Å². The molecular weight excluding hydrogens is 454 g/mol. The Morgan fingerprint density at radius 1 is 1.15 bits per heavy atom. The Labute approximate surface area is 203 Å². The number of hydrogen-bond acceptors (Lipinski definition) is 8. The highest BCUT2D eigenvalue weighted by molar-refractivity contribution is 7.99. The number of morpholine rings is 1. The monoisotopic (exact) mass is 483 g/mol. The second-order valence-electron chi connectivity index (χ2n) is 7.82. The van der Waals surface area contributed by atoms with Gasteiger partial charge in [0.15, 0.2) is 17.1 Å². The van der Waals surface area contributed by atoms with Crippen molar-refractivity contribution in [3.05, 3.63) is 54.4 Å². The molecule has 0 spiro atoms. The van der Waals surface area contributed by atoms with Crippen LogP contribution >= 0.6 is 11.8 Å². The van der Waals surface area contributed by atoms with Gasteiger partial charge in [0, 0.05) is 37.6 Å². The normalized spacial score (nSPS) is 14.5. The Morgan fingerprint density at radius 2 is 1.88 bits per heavy atom. The average molecular weight is 484 g/mol. The van der Waals surface area contributed by atoms with Gasteiger partial charge in [0.2, 0.25) is 5.91 Å². The maximum atomic E-state index is 12.5. The van der Waals surface area contributed by atoms with Gasteiger partial charge in [-0.05, 0) is 43.3 Å². The third-order valence-electron chi connectivity index (χ3n) is 5.45. The maximum absolute atomic E-state index is 12.5. The molecule has 180 valence electrons. The van der Waals surface area contributed by atoms with Crippen molar-refractivity contribution >= 4 is 29.0 Å². The van der Waals surface area contributed by atoms with Crippen LogP contribution in [-0.2, 0) is 16.6 Å². The van der Waals surface area contributed by atoms with E-state index in [4.69, 9.17) is 14.2 Å². The molecule has 0 radical (unpaired) electrons. The van der Waals surface area contributed by atoms with Gasteiger partial charge in [0.05, 0.1) is 26.1 Å². The van der Waals surface area contributed by atoms with Crippen LogP contribution in [0, 0.1) is 0 Å². The Morgan fingerprint density at radius 3 is 2.62 bits per heavy atom. The van der Waals surface area contributed by atoms with Crippen LogP contribution in [0.3, 0.4) is 0 Å². The van der Waals surface area contributed by atoms with Crippen LogP contribution in [0.5, 0.6) is 11.5 Å². The van der Waals surface area contributed by atoms with E-state index in [1.807, 2.05) is 67.1 Å². The minimum atomic E-state index is -0.322. The topological polar surface area (TPSA) is 90.7 Å². The smallest absolute Gasteiger partial charge is 0.234 e. The SMILES string of the molecule is COc1cccc(OC(C)c2nnc(SCC(=O)Nc3ccc(N4CCOCC4)cc3)n2C)c1. The van der Waals surface area contributed by atoms with E-state index in [9.17, 15) is 4.79 Å². The van der Waals surface area contributed by atoms with E-state index in [2.05, 4.69) is 20.4 Å². The second-order valence-corrected chi connectivity index (χ2v) is 8.76. The molecule has 1 aliphatic heterocycles. The molecule has 4 rings (SSSR count). The van der Waals surface area contributed by atoms with Crippen molar-refractivity contribution in [3.63, 3.8) is 0 Å². The van der Waals surface area contributed by atoms with Crippen molar-refractivity contribution in [2.24, 2.45) is 7.05 Å². The van der Waals surface area contributed by atoms with Crippen molar-refractivity contribution in [2.45, 2.75) is 18.2 Å². The summed E-state index contributed by atoms with van der Waals surface area (Å²) in [7, 11) is 3.48. The zero-order chi connectivity index (χ0) is 23.9. The van der Waals surface area contributed by atoms with Gasteiger partial charge in [-0.3, -0.25) is 4.79 Å². The van der Waals surface area contributed by atoms with Crippen LogP contribution in [0.15, 0.2) is 53.7 Å². The predicted molar refractivity (Wildman–Crippen MR) is 132 cm³/mol. The first-order valence-corrected chi connectivity index (χ1v) is 12.1. The fraction of sp³-hybridized carbons (Fsp3) is 0.375. The summed E-state index contributed by atoms with van der Waals surface area (Å²) in [4.78, 5) is 14.7. The summed E-state index contributed by atoms with van der Waals surface area (Å²) in [5.74, 6) is 2.20. The van der Waals surface area contributed by atoms with Gasteiger partial charge >= 0.3 is 0 Å². The average Bonchev–Trinajstić information content (AvgIpc) is 3.24. The molecule has 0 aliphatic carbocycles. The van der Waals surface area contributed by atoms with Crippen LogP contribution in [0.4, 0.5) is 11.4 Å². The van der Waals surface area contributed by atoms with E-state index in [0.717, 1.165) is 43.4 Å². The van der Waals surface area contributed by atoms with Crippen molar-refractivity contribution in [1.29, 1.82) is 0 Å². The van der Waals surface area contributed by atoms with E-state index in [-0.39, 0.29) is 17.8 Å². The highest BCUT2D eigenvalue weighted by Gasteiger charge is 2.18. The molecule has 34 heavy (non-hydrogen) atoms. The number of amides is 1. The first-order chi connectivity index (χ1) is 16.5. The molecule has 1 fully saturated rings. The van der Waals surface area contributed by atoms with E-state index < -0.39 is 0 Å². The lowest BCUT2D eigenvalue weighted by molar-refractivity contribution is -0.113. The van der Waals surface area contributed by atoms with Gasteiger partial charge in [0.1, 0.15) is 11.5 Å². The number of nitrogens with one attached hydrogen (secondary N) is 1. The summed E-state index contributed by atoms with van der Waals surface area (Å²) in [6, 6.07) is 15.3. The second kappa shape index (κ2) is 11.3. The van der Waals surface area contributed by atoms with Crippen LogP contribution in [0.1, 0.15) is 18.9 Å². The van der Waals surface area contributed by atoms with Gasteiger partial charge in [-0.2, -0.15) is 0 Å². The van der Waals surface area contributed by atoms with Gasteiger partial charge in [-0.25, -0.2) is 0 Å². The quantitative estimate of drug-likeness (QED) is 0.462. The lowest BCUT2D eigenvalue weighted by Gasteiger charge is -2.28. The molecule has 1 aliphatic rings. The summed E-state index contributed by atoms with van der Waals surface area (Å²) in [5, 5.41) is 12.1. The third kappa shape index (κ3) is 6.00. The molecule has 1 unspecified atom stereocenters. The molecule has 2 aromatic carbocycles. The maximum Gasteiger partial charge on any atom is 0.234 e. The summed E-state index contributed by atoms with van der Waals surface area (Å²) < 4.78 is 18.5. The van der Waals surface area contributed by atoms with Crippen molar-refractivity contribution in [3.8, 4) is 11.5 Å². The largest absolute Gasteiger partial charge is 0.497 e. The summed E-state index contributed by atoms with van der Waals surface area (Å²) >= 11 is 1.33. The van der Waals surface area contributed by atoms with Gasteiger partial charge in [-0.15, -0.1) is 10.2 Å². The molecule has 1 aromatic heterocycles. The third-order valence-corrected chi connectivity index (χ3v) is 6.47. The predicted octanol–water partition coefficient (Wildman–Crippen LogP) is 3.53. The van der Waals surface area contributed by atoms with Gasteiger partial charge in [0.25, 0.3) is 0 Å². The Hall–Kier alpha value is -3.24. The summed E-state index contributed by atoms with van der Waals surface area (Å²) in [6.07, 6.45) is -0.322. The Kier molecular flexibility index (Phi) is 7.91. The highest BCUT2D eigenvalue weighted by Crippen LogP contribution is 2.26. The molecule has 9 nitrogen and oxygen atoms in total. The van der Waals surface area contributed by atoms with Crippen molar-refractivity contribution in [2.75, 3.05) is 49.4 Å². The van der Waals surface area contributed by atoms with E-state index in [1.54, 1.807) is 7.11 Å². The van der Waals surface area contributed by atoms with Gasteiger partial charge in [-0.1, -0.05) is 17.8 Å². The number of rotatable bonds is 9. The molecule has 0 bridgehead atoms. The number of nitrogens with zero attached hydrogens (tertiary/aromatic N) is 4. The zero-order valence-electron chi connectivity index (χ0n) is 19.6. The first kappa shape index (κ1) is 23.9. The molecule has 0 saturated carbocycles. The number of carbonyl (C=O) groups is 1. The minimum Gasteiger partial charge on any atom is -0.497 e. The Balaban J connectivity index is 1.29. The highest BCUT2D eigenvalue weighted by atomic mass is 32.2. The van der Waals surface area contributed by atoms with E-state index >= 15 is 0 Å². The van der Waals surface area contributed by atoms with E-state index in [0.29, 0.717) is 16.7 Å². The standard InChI is InChI=1S/C24H29N5O4S/c1-17(33-21-6-4-5-20(15-21)31-3)23-26-27-24(28(23)2)34-16-22(30)25-18-7-9-19(10-8-18)29-11-13-32-14-12-29/h4-10,15,17H,11-14,16H2,1-3H3,(H,25,30). The molecule has 10 heteroatoms. The number of thioether (sulfide) groups is 1. The number of aromatic nitrogens is 3. The number of hydrogen-bond donors (Lipinski definition) is 1. The molecule has 1 N–H and O–H groups in total. The molecule has 3 aromatic rings. The molecular formula is C24H29N5O4S. The van der Waals surface area contributed by atoms with Crippen molar-refractivity contribution < 1.29 is 19.0 Å². The number of carbonyl (C=O) groups excluding carboxylic acids is 1. The van der Waals surface area contributed by atoms with Crippen LogP contribution < -0.4 is 19.7 Å². The number of anilines is 2.